The van der Waals surface area contributed by atoms with Crippen molar-refractivity contribution in [2.45, 2.75) is 38.0 Å². The molecule has 3 N–H and O–H groups in total. The molecule has 0 saturated heterocycles. The van der Waals surface area contributed by atoms with Crippen LogP contribution in [-0.4, -0.2) is 36.9 Å². The van der Waals surface area contributed by atoms with Gasteiger partial charge in [-0.25, -0.2) is 13.1 Å². The van der Waals surface area contributed by atoms with Gasteiger partial charge in [-0.05, 0) is 38.5 Å². The lowest BCUT2D eigenvalue weighted by atomic mass is 9.97. The van der Waals surface area contributed by atoms with E-state index in [0.29, 0.717) is 17.9 Å². The van der Waals surface area contributed by atoms with Gasteiger partial charge in [0.05, 0.1) is 11.4 Å². The van der Waals surface area contributed by atoms with Crippen LogP contribution in [0.3, 0.4) is 0 Å². The Hall–Kier alpha value is -0.920. The van der Waals surface area contributed by atoms with Crippen LogP contribution in [0.5, 0.6) is 0 Å². The SMILES string of the molecule is Cc1n[nH]c(C)c1S(=O)(=O)NCC1CCCC1CO. The van der Waals surface area contributed by atoms with Gasteiger partial charge < -0.3 is 5.11 Å². The third kappa shape index (κ3) is 2.98. The largest absolute Gasteiger partial charge is 0.396 e. The number of aromatic nitrogens is 2. The molecule has 1 aliphatic carbocycles. The monoisotopic (exact) mass is 287 g/mol. The Morgan fingerprint density at radius 2 is 2.05 bits per heavy atom. The maximum Gasteiger partial charge on any atom is 0.244 e. The Labute approximate surface area is 113 Å². The van der Waals surface area contributed by atoms with Gasteiger partial charge in [-0.3, -0.25) is 5.10 Å². The fourth-order valence-corrected chi connectivity index (χ4v) is 4.31. The molecule has 1 fully saturated rings. The maximum absolute atomic E-state index is 12.3. The first-order valence-corrected chi connectivity index (χ1v) is 8.06. The topological polar surface area (TPSA) is 95.1 Å². The quantitative estimate of drug-likeness (QED) is 0.743. The summed E-state index contributed by atoms with van der Waals surface area (Å²) in [7, 11) is -3.52. The summed E-state index contributed by atoms with van der Waals surface area (Å²) in [6, 6.07) is 0. The van der Waals surface area contributed by atoms with E-state index in [-0.39, 0.29) is 23.3 Å². The second kappa shape index (κ2) is 5.60. The molecule has 0 aliphatic heterocycles. The summed E-state index contributed by atoms with van der Waals surface area (Å²) in [6.45, 7) is 3.89. The summed E-state index contributed by atoms with van der Waals surface area (Å²) in [5, 5.41) is 15.8. The lowest BCUT2D eigenvalue weighted by molar-refractivity contribution is 0.195. The van der Waals surface area contributed by atoms with Crippen molar-refractivity contribution in [3.63, 3.8) is 0 Å². The maximum atomic E-state index is 12.3. The average molecular weight is 287 g/mol. The number of aliphatic hydroxyl groups excluding tert-OH is 1. The van der Waals surface area contributed by atoms with Crippen molar-refractivity contribution >= 4 is 10.0 Å². The van der Waals surface area contributed by atoms with Gasteiger partial charge in [-0.15, -0.1) is 0 Å². The molecule has 1 heterocycles. The number of H-pyrrole nitrogens is 1. The minimum atomic E-state index is -3.52. The predicted octanol–water partition coefficient (Wildman–Crippen LogP) is 0.713. The summed E-state index contributed by atoms with van der Waals surface area (Å²) in [6.07, 6.45) is 3.01. The van der Waals surface area contributed by atoms with E-state index in [2.05, 4.69) is 14.9 Å². The number of nitrogens with zero attached hydrogens (tertiary/aromatic N) is 1. The molecule has 1 saturated carbocycles. The van der Waals surface area contributed by atoms with Crippen LogP contribution in [0, 0.1) is 25.7 Å². The normalized spacial score (nSPS) is 23.9. The minimum Gasteiger partial charge on any atom is -0.396 e. The van der Waals surface area contributed by atoms with Crippen LogP contribution in [0.25, 0.3) is 0 Å². The molecule has 0 spiro atoms. The first-order valence-electron chi connectivity index (χ1n) is 6.57. The number of sulfonamides is 1. The summed E-state index contributed by atoms with van der Waals surface area (Å²) >= 11 is 0. The Balaban J connectivity index is 2.06. The smallest absolute Gasteiger partial charge is 0.244 e. The van der Waals surface area contributed by atoms with E-state index in [9.17, 15) is 13.5 Å². The molecule has 2 unspecified atom stereocenters. The number of hydrogen-bond acceptors (Lipinski definition) is 4. The number of hydrogen-bond donors (Lipinski definition) is 3. The zero-order chi connectivity index (χ0) is 14.0. The van der Waals surface area contributed by atoms with Gasteiger partial charge in [-0.1, -0.05) is 6.42 Å². The van der Waals surface area contributed by atoms with Crippen LogP contribution in [-0.2, 0) is 10.0 Å². The fraction of sp³-hybridized carbons (Fsp3) is 0.750. The van der Waals surface area contributed by atoms with Crippen molar-refractivity contribution in [3.05, 3.63) is 11.4 Å². The molecule has 1 aromatic heterocycles. The first kappa shape index (κ1) is 14.5. The van der Waals surface area contributed by atoms with Gasteiger partial charge in [0.2, 0.25) is 10.0 Å². The van der Waals surface area contributed by atoms with Gasteiger partial charge >= 0.3 is 0 Å². The highest BCUT2D eigenvalue weighted by Crippen LogP contribution is 2.31. The van der Waals surface area contributed by atoms with E-state index in [0.717, 1.165) is 19.3 Å². The Kier molecular flexibility index (Phi) is 4.27. The molecular weight excluding hydrogens is 266 g/mol. The van der Waals surface area contributed by atoms with E-state index < -0.39 is 10.0 Å². The molecule has 7 heteroatoms. The lowest BCUT2D eigenvalue weighted by Gasteiger charge is -2.17. The van der Waals surface area contributed by atoms with Gasteiger partial charge in [0.25, 0.3) is 0 Å². The van der Waals surface area contributed by atoms with E-state index in [1.165, 1.54) is 0 Å². The van der Waals surface area contributed by atoms with Gasteiger partial charge in [0.15, 0.2) is 0 Å². The molecule has 1 aromatic rings. The third-order valence-corrected chi connectivity index (χ3v) is 5.60. The van der Waals surface area contributed by atoms with Crippen molar-refractivity contribution in [1.29, 1.82) is 0 Å². The molecule has 2 rings (SSSR count). The Morgan fingerprint density at radius 3 is 2.63 bits per heavy atom. The van der Waals surface area contributed by atoms with Gasteiger partial charge in [0, 0.05) is 13.2 Å². The molecule has 0 bridgehead atoms. The summed E-state index contributed by atoms with van der Waals surface area (Å²) in [4.78, 5) is 0.242. The average Bonchev–Trinajstić information content (AvgIpc) is 2.93. The van der Waals surface area contributed by atoms with Gasteiger partial charge in [0.1, 0.15) is 4.90 Å². The van der Waals surface area contributed by atoms with E-state index in [4.69, 9.17) is 0 Å². The fourth-order valence-electron chi connectivity index (χ4n) is 2.85. The molecule has 108 valence electrons. The highest BCUT2D eigenvalue weighted by atomic mass is 32.2. The molecule has 0 radical (unpaired) electrons. The van der Waals surface area contributed by atoms with Crippen LogP contribution < -0.4 is 4.72 Å². The third-order valence-electron chi connectivity index (χ3n) is 3.92. The molecule has 2 atom stereocenters. The molecule has 1 aliphatic rings. The van der Waals surface area contributed by atoms with Crippen LogP contribution in [0.1, 0.15) is 30.7 Å². The number of aryl methyl sites for hydroxylation is 2. The number of nitrogens with one attached hydrogen (secondary N) is 2. The summed E-state index contributed by atoms with van der Waals surface area (Å²) in [5.74, 6) is 0.446. The molecule has 6 nitrogen and oxygen atoms in total. The highest BCUT2D eigenvalue weighted by Gasteiger charge is 2.29. The van der Waals surface area contributed by atoms with E-state index in [1.807, 2.05) is 0 Å². The first-order chi connectivity index (χ1) is 8.95. The van der Waals surface area contributed by atoms with Crippen LogP contribution >= 0.6 is 0 Å². The van der Waals surface area contributed by atoms with E-state index in [1.54, 1.807) is 13.8 Å². The molecule has 0 amide bonds. The van der Waals surface area contributed by atoms with Crippen molar-refractivity contribution in [3.8, 4) is 0 Å². The predicted molar refractivity (Wildman–Crippen MR) is 71.2 cm³/mol. The highest BCUT2D eigenvalue weighted by molar-refractivity contribution is 7.89. The number of aromatic amines is 1. The standard InChI is InChI=1S/C12H21N3O3S/c1-8-12(9(2)15-14-8)19(17,18)13-6-10-4-3-5-11(10)7-16/h10-11,13,16H,3-7H2,1-2H3,(H,14,15). The molecule has 0 aromatic carbocycles. The van der Waals surface area contributed by atoms with E-state index >= 15 is 0 Å². The summed E-state index contributed by atoms with van der Waals surface area (Å²) in [5.41, 5.74) is 1.03. The number of aliphatic hydroxyl groups is 1. The van der Waals surface area contributed by atoms with Gasteiger partial charge in [-0.2, -0.15) is 5.10 Å². The molecule has 19 heavy (non-hydrogen) atoms. The van der Waals surface area contributed by atoms with Crippen LogP contribution in [0.2, 0.25) is 0 Å². The van der Waals surface area contributed by atoms with Crippen molar-refractivity contribution in [2.75, 3.05) is 13.2 Å². The second-order valence-electron chi connectivity index (χ2n) is 5.25. The zero-order valence-corrected chi connectivity index (χ0v) is 12.1. The Morgan fingerprint density at radius 1 is 1.37 bits per heavy atom. The van der Waals surface area contributed by atoms with Crippen molar-refractivity contribution < 1.29 is 13.5 Å². The van der Waals surface area contributed by atoms with Crippen LogP contribution in [0.15, 0.2) is 4.90 Å². The zero-order valence-electron chi connectivity index (χ0n) is 11.3. The second-order valence-corrected chi connectivity index (χ2v) is 6.95. The lowest BCUT2D eigenvalue weighted by Crippen LogP contribution is -2.32. The Bertz CT molecular complexity index is 519. The van der Waals surface area contributed by atoms with Crippen LogP contribution in [0.4, 0.5) is 0 Å². The minimum absolute atomic E-state index is 0.135. The number of rotatable bonds is 5. The summed E-state index contributed by atoms with van der Waals surface area (Å²) < 4.78 is 27.2. The van der Waals surface area contributed by atoms with Crippen molar-refractivity contribution in [2.24, 2.45) is 11.8 Å². The van der Waals surface area contributed by atoms with Crippen molar-refractivity contribution in [1.82, 2.24) is 14.9 Å². The molecular formula is C12H21N3O3S.